The number of aliphatic hydroxyl groups is 1. The summed E-state index contributed by atoms with van der Waals surface area (Å²) in [6.07, 6.45) is 2.68. The molecule has 31 heavy (non-hydrogen) atoms. The highest BCUT2D eigenvalue weighted by atomic mass is 19.1. The largest absolute Gasteiger partial charge is 0.459 e. The highest BCUT2D eigenvalue weighted by Crippen LogP contribution is 2.33. The van der Waals surface area contributed by atoms with E-state index in [4.69, 9.17) is 4.42 Å². The molecule has 1 saturated heterocycles. The zero-order chi connectivity index (χ0) is 22.3. The lowest BCUT2D eigenvalue weighted by Crippen LogP contribution is -2.59. The number of aliphatic hydroxyl groups excluding tert-OH is 1. The first-order valence-electron chi connectivity index (χ1n) is 10.3. The number of aromatic nitrogens is 2. The normalized spacial score (nSPS) is 19.4. The molecule has 0 saturated carbocycles. The lowest BCUT2D eigenvalue weighted by Gasteiger charge is -2.43. The molecule has 1 fully saturated rings. The van der Waals surface area contributed by atoms with Crippen molar-refractivity contribution >= 4 is 28.6 Å². The Hall–Kier alpha value is -3.20. The third-order valence-electron chi connectivity index (χ3n) is 5.76. The number of halogens is 1. The number of nitrogens with zero attached hydrogens (tertiary/aromatic N) is 3. The third-order valence-corrected chi connectivity index (χ3v) is 5.76. The van der Waals surface area contributed by atoms with Gasteiger partial charge in [-0.1, -0.05) is 13.8 Å². The number of urea groups is 1. The van der Waals surface area contributed by atoms with Crippen LogP contribution in [0.15, 0.2) is 35.0 Å². The molecule has 0 aliphatic carbocycles. The maximum atomic E-state index is 13.6. The van der Waals surface area contributed by atoms with Crippen LogP contribution in [0.25, 0.3) is 11.0 Å². The smallest absolute Gasteiger partial charge is 0.319 e. The Morgan fingerprint density at radius 3 is 2.65 bits per heavy atom. The average Bonchev–Trinajstić information content (AvgIpc) is 3.06. The van der Waals surface area contributed by atoms with Crippen molar-refractivity contribution in [2.45, 2.75) is 45.9 Å². The molecule has 3 aromatic rings. The molecule has 0 unspecified atom stereocenters. The number of carbonyl (C=O) groups excluding carboxylic acids is 1. The summed E-state index contributed by atoms with van der Waals surface area (Å²) in [5, 5.41) is 16.0. The number of benzene rings is 1. The molecule has 0 spiro atoms. The van der Waals surface area contributed by atoms with Crippen LogP contribution in [0.1, 0.15) is 38.1 Å². The van der Waals surface area contributed by atoms with Crippen molar-refractivity contribution in [2.24, 2.45) is 5.92 Å². The molecule has 1 aliphatic heterocycles. The second-order valence-electron chi connectivity index (χ2n) is 8.28. The lowest BCUT2D eigenvalue weighted by atomic mass is 9.98. The van der Waals surface area contributed by atoms with Crippen LogP contribution in [-0.2, 0) is 0 Å². The second-order valence-corrected chi connectivity index (χ2v) is 8.28. The number of fused-ring (bicyclic) bond motifs is 1. The second kappa shape index (κ2) is 8.14. The standard InChI is InChI=1S/C22H26FN5O3/c1-11(2)19(20-12(3)16-7-14(23)5-6-18(16)31-20)27-22(30)26-15-8-24-21(25-9-15)28-10-17(29)13(28)4/h5-9,11,13,17,19,29H,10H2,1-4H3,(H2,26,27,30)/t13-,17+,19+/m0/s1. The van der Waals surface area contributed by atoms with Crippen molar-refractivity contribution < 1.29 is 18.7 Å². The Kier molecular flexibility index (Phi) is 5.53. The van der Waals surface area contributed by atoms with E-state index in [9.17, 15) is 14.3 Å². The quantitative estimate of drug-likeness (QED) is 0.573. The Balaban J connectivity index is 1.47. The number of hydrogen-bond donors (Lipinski definition) is 3. The number of anilines is 2. The number of aryl methyl sites for hydroxylation is 1. The van der Waals surface area contributed by atoms with Gasteiger partial charge in [-0.25, -0.2) is 19.2 Å². The summed E-state index contributed by atoms with van der Waals surface area (Å²) in [5.41, 5.74) is 1.82. The molecule has 2 aromatic heterocycles. The number of nitrogens with one attached hydrogen (secondary N) is 2. The molecule has 3 heterocycles. The van der Waals surface area contributed by atoms with Crippen molar-refractivity contribution in [1.29, 1.82) is 0 Å². The first-order valence-corrected chi connectivity index (χ1v) is 10.3. The summed E-state index contributed by atoms with van der Waals surface area (Å²) in [6, 6.07) is 3.52. The van der Waals surface area contributed by atoms with Gasteiger partial charge in [0.1, 0.15) is 17.2 Å². The molecular weight excluding hydrogens is 401 g/mol. The molecule has 0 bridgehead atoms. The molecule has 3 N–H and O–H groups in total. The minimum absolute atomic E-state index is 0.0329. The minimum atomic E-state index is -0.422. The topological polar surface area (TPSA) is 104 Å². The zero-order valence-corrected chi connectivity index (χ0v) is 17.9. The van der Waals surface area contributed by atoms with E-state index in [0.29, 0.717) is 34.9 Å². The van der Waals surface area contributed by atoms with Crippen LogP contribution in [0.4, 0.5) is 20.8 Å². The van der Waals surface area contributed by atoms with Gasteiger partial charge in [-0.15, -0.1) is 0 Å². The molecule has 1 aliphatic rings. The average molecular weight is 427 g/mol. The van der Waals surface area contributed by atoms with Crippen molar-refractivity contribution in [1.82, 2.24) is 15.3 Å². The van der Waals surface area contributed by atoms with Crippen LogP contribution in [0.3, 0.4) is 0 Å². The Labute approximate surface area is 179 Å². The van der Waals surface area contributed by atoms with E-state index in [1.807, 2.05) is 32.6 Å². The molecule has 0 radical (unpaired) electrons. The number of β-amino-alcohol motifs (C(OH)–C–C–N with tert-alkyl or cyclic N) is 1. The van der Waals surface area contributed by atoms with E-state index in [1.54, 1.807) is 6.07 Å². The van der Waals surface area contributed by atoms with Crippen molar-refractivity contribution in [3.63, 3.8) is 0 Å². The van der Waals surface area contributed by atoms with E-state index < -0.39 is 12.1 Å². The van der Waals surface area contributed by atoms with Gasteiger partial charge in [-0.2, -0.15) is 0 Å². The van der Waals surface area contributed by atoms with E-state index in [0.717, 1.165) is 5.56 Å². The molecule has 1 aromatic carbocycles. The van der Waals surface area contributed by atoms with Gasteiger partial charge in [0.15, 0.2) is 0 Å². The number of carbonyl (C=O) groups is 1. The molecular formula is C22H26FN5O3. The Bertz CT molecular complexity index is 1100. The van der Waals surface area contributed by atoms with Crippen LogP contribution in [0.5, 0.6) is 0 Å². The predicted octanol–water partition coefficient (Wildman–Crippen LogP) is 3.76. The van der Waals surface area contributed by atoms with E-state index >= 15 is 0 Å². The minimum Gasteiger partial charge on any atom is -0.459 e. The predicted molar refractivity (Wildman–Crippen MR) is 115 cm³/mol. The van der Waals surface area contributed by atoms with E-state index in [1.165, 1.54) is 24.5 Å². The fraction of sp³-hybridized carbons (Fsp3) is 0.409. The van der Waals surface area contributed by atoms with Gasteiger partial charge >= 0.3 is 6.03 Å². The number of amides is 2. The fourth-order valence-electron chi connectivity index (χ4n) is 3.74. The summed E-state index contributed by atoms with van der Waals surface area (Å²) < 4.78 is 19.6. The molecule has 2 amide bonds. The van der Waals surface area contributed by atoms with Gasteiger partial charge in [0.2, 0.25) is 5.95 Å². The van der Waals surface area contributed by atoms with Gasteiger partial charge in [-0.3, -0.25) is 0 Å². The summed E-state index contributed by atoms with van der Waals surface area (Å²) in [6.45, 7) is 8.19. The Morgan fingerprint density at radius 1 is 1.32 bits per heavy atom. The van der Waals surface area contributed by atoms with Crippen molar-refractivity contribution in [3.05, 3.63) is 47.7 Å². The van der Waals surface area contributed by atoms with Gasteiger partial charge in [0.05, 0.1) is 36.3 Å². The summed E-state index contributed by atoms with van der Waals surface area (Å²) in [5.74, 6) is 0.810. The highest BCUT2D eigenvalue weighted by Gasteiger charge is 2.35. The van der Waals surface area contributed by atoms with Gasteiger partial charge in [0.25, 0.3) is 0 Å². The highest BCUT2D eigenvalue weighted by molar-refractivity contribution is 5.89. The number of hydrogen-bond acceptors (Lipinski definition) is 6. The summed E-state index contributed by atoms with van der Waals surface area (Å²) in [4.78, 5) is 23.1. The van der Waals surface area contributed by atoms with Crippen LogP contribution in [0.2, 0.25) is 0 Å². The molecule has 9 heteroatoms. The summed E-state index contributed by atoms with van der Waals surface area (Å²) >= 11 is 0. The lowest BCUT2D eigenvalue weighted by molar-refractivity contribution is 0.0979. The molecule has 4 rings (SSSR count). The van der Waals surface area contributed by atoms with Crippen LogP contribution < -0.4 is 15.5 Å². The number of furan rings is 1. The van der Waals surface area contributed by atoms with Crippen LogP contribution >= 0.6 is 0 Å². The molecule has 8 nitrogen and oxygen atoms in total. The number of rotatable bonds is 5. The fourth-order valence-corrected chi connectivity index (χ4v) is 3.74. The zero-order valence-electron chi connectivity index (χ0n) is 17.9. The maximum absolute atomic E-state index is 13.6. The van der Waals surface area contributed by atoms with E-state index in [2.05, 4.69) is 20.6 Å². The van der Waals surface area contributed by atoms with Crippen molar-refractivity contribution in [3.8, 4) is 0 Å². The first kappa shape index (κ1) is 21.0. The van der Waals surface area contributed by atoms with Crippen LogP contribution in [0, 0.1) is 18.7 Å². The first-order chi connectivity index (χ1) is 14.7. The Morgan fingerprint density at radius 2 is 2.03 bits per heavy atom. The van der Waals surface area contributed by atoms with Gasteiger partial charge in [-0.05, 0) is 38.0 Å². The molecule has 3 atom stereocenters. The van der Waals surface area contributed by atoms with Crippen molar-refractivity contribution in [2.75, 3.05) is 16.8 Å². The SMILES string of the molecule is Cc1c([C@H](NC(=O)Nc2cnc(N3C[C@@H](O)[C@@H]3C)nc2)C(C)C)oc2ccc(F)cc12. The third kappa shape index (κ3) is 4.05. The monoisotopic (exact) mass is 427 g/mol. The summed E-state index contributed by atoms with van der Waals surface area (Å²) in [7, 11) is 0. The van der Waals surface area contributed by atoms with E-state index in [-0.39, 0.29) is 23.9 Å². The molecule has 164 valence electrons. The maximum Gasteiger partial charge on any atom is 0.319 e. The van der Waals surface area contributed by atoms with Gasteiger partial charge in [0, 0.05) is 17.5 Å². The van der Waals surface area contributed by atoms with Crippen LogP contribution in [-0.4, -0.2) is 39.8 Å². The van der Waals surface area contributed by atoms with Gasteiger partial charge < -0.3 is 25.1 Å².